The predicted octanol–water partition coefficient (Wildman–Crippen LogP) is 0.378. The highest BCUT2D eigenvalue weighted by Crippen LogP contribution is 1.94. The Bertz CT molecular complexity index is 56.3. The number of aliphatic hydroxyl groups is 1. The number of hydrogen-bond donors (Lipinski definition) is 1. The molecular weight excluding hydrogens is 120 g/mol. The SMILES string of the molecule is COCOC(C)CCO. The second-order valence-corrected chi connectivity index (χ2v) is 1.90. The third-order valence-corrected chi connectivity index (χ3v) is 1.01. The smallest absolute Gasteiger partial charge is 0.146 e. The molecule has 0 aliphatic carbocycles. The van der Waals surface area contributed by atoms with Crippen LogP contribution < -0.4 is 0 Å². The largest absolute Gasteiger partial charge is 0.396 e. The molecule has 56 valence electrons. The van der Waals surface area contributed by atoms with Gasteiger partial charge in [0.25, 0.3) is 0 Å². The molecule has 1 N–H and O–H groups in total. The molecule has 0 aromatic carbocycles. The van der Waals surface area contributed by atoms with E-state index in [1.165, 1.54) is 0 Å². The third kappa shape index (κ3) is 5.76. The minimum absolute atomic E-state index is 0.0925. The van der Waals surface area contributed by atoms with E-state index in [1.54, 1.807) is 7.11 Å². The summed E-state index contributed by atoms with van der Waals surface area (Å²) in [6.45, 7) is 2.38. The van der Waals surface area contributed by atoms with Gasteiger partial charge in [0.05, 0.1) is 6.10 Å². The van der Waals surface area contributed by atoms with Gasteiger partial charge in [-0.15, -0.1) is 0 Å². The lowest BCUT2D eigenvalue weighted by atomic mass is 10.3. The summed E-state index contributed by atoms with van der Waals surface area (Å²) in [5, 5.41) is 8.42. The summed E-state index contributed by atoms with van der Waals surface area (Å²) in [6.07, 6.45) is 0.763. The van der Waals surface area contributed by atoms with Gasteiger partial charge < -0.3 is 14.6 Å². The maximum Gasteiger partial charge on any atom is 0.146 e. The zero-order valence-electron chi connectivity index (χ0n) is 5.96. The second kappa shape index (κ2) is 6.01. The molecule has 0 aliphatic heterocycles. The number of ether oxygens (including phenoxy) is 2. The van der Waals surface area contributed by atoms with E-state index in [4.69, 9.17) is 9.84 Å². The van der Waals surface area contributed by atoms with Crippen LogP contribution >= 0.6 is 0 Å². The first kappa shape index (κ1) is 8.88. The van der Waals surface area contributed by atoms with Crippen molar-refractivity contribution >= 4 is 0 Å². The van der Waals surface area contributed by atoms with Crippen molar-refractivity contribution in [3.8, 4) is 0 Å². The molecule has 0 fully saturated rings. The predicted molar refractivity (Wildman–Crippen MR) is 34.1 cm³/mol. The first-order valence-corrected chi connectivity index (χ1v) is 3.02. The fraction of sp³-hybridized carbons (Fsp3) is 1.00. The molecule has 0 bridgehead atoms. The average Bonchev–Trinajstić information content (AvgIpc) is 1.85. The Kier molecular flexibility index (Phi) is 5.93. The molecule has 0 aliphatic rings. The van der Waals surface area contributed by atoms with Crippen LogP contribution in [0, 0.1) is 0 Å². The Morgan fingerprint density at radius 1 is 1.56 bits per heavy atom. The van der Waals surface area contributed by atoms with Gasteiger partial charge >= 0.3 is 0 Å². The maximum atomic E-state index is 8.42. The minimum Gasteiger partial charge on any atom is -0.396 e. The summed E-state index contributed by atoms with van der Waals surface area (Å²) in [5.41, 5.74) is 0. The third-order valence-electron chi connectivity index (χ3n) is 1.01. The monoisotopic (exact) mass is 134 g/mol. The van der Waals surface area contributed by atoms with Crippen molar-refractivity contribution in [2.45, 2.75) is 19.4 Å². The average molecular weight is 134 g/mol. The zero-order chi connectivity index (χ0) is 7.11. The van der Waals surface area contributed by atoms with Crippen LogP contribution in [-0.4, -0.2) is 31.7 Å². The van der Waals surface area contributed by atoms with E-state index in [9.17, 15) is 0 Å². The maximum absolute atomic E-state index is 8.42. The summed E-state index contributed by atoms with van der Waals surface area (Å²) >= 11 is 0. The highest BCUT2D eigenvalue weighted by atomic mass is 16.7. The lowest BCUT2D eigenvalue weighted by Crippen LogP contribution is -2.11. The van der Waals surface area contributed by atoms with E-state index in [0.717, 1.165) is 0 Å². The Morgan fingerprint density at radius 2 is 2.22 bits per heavy atom. The summed E-state index contributed by atoms with van der Waals surface area (Å²) in [5.74, 6) is 0. The molecule has 0 rings (SSSR count). The first-order valence-electron chi connectivity index (χ1n) is 3.02. The van der Waals surface area contributed by atoms with Gasteiger partial charge in [-0.05, 0) is 13.3 Å². The fourth-order valence-electron chi connectivity index (χ4n) is 0.449. The van der Waals surface area contributed by atoms with E-state index >= 15 is 0 Å². The number of methoxy groups -OCH3 is 1. The second-order valence-electron chi connectivity index (χ2n) is 1.90. The van der Waals surface area contributed by atoms with Crippen molar-refractivity contribution in [2.24, 2.45) is 0 Å². The van der Waals surface area contributed by atoms with Crippen molar-refractivity contribution in [3.05, 3.63) is 0 Å². The highest BCUT2D eigenvalue weighted by molar-refractivity contribution is 4.45. The Labute approximate surface area is 55.6 Å². The molecule has 0 heterocycles. The zero-order valence-corrected chi connectivity index (χ0v) is 5.96. The summed E-state index contributed by atoms with van der Waals surface area (Å²) in [4.78, 5) is 0. The van der Waals surface area contributed by atoms with Gasteiger partial charge in [0.15, 0.2) is 0 Å². The molecule has 3 heteroatoms. The molecule has 1 unspecified atom stereocenters. The van der Waals surface area contributed by atoms with E-state index in [-0.39, 0.29) is 12.7 Å². The van der Waals surface area contributed by atoms with Gasteiger partial charge in [0.1, 0.15) is 6.79 Å². The molecule has 0 aromatic rings. The highest BCUT2D eigenvalue weighted by Gasteiger charge is 1.98. The molecule has 3 nitrogen and oxygen atoms in total. The van der Waals surface area contributed by atoms with E-state index in [0.29, 0.717) is 13.2 Å². The van der Waals surface area contributed by atoms with Crippen LogP contribution in [-0.2, 0) is 9.47 Å². The van der Waals surface area contributed by atoms with Crippen LogP contribution in [0.3, 0.4) is 0 Å². The fourth-order valence-corrected chi connectivity index (χ4v) is 0.449. The topological polar surface area (TPSA) is 38.7 Å². The van der Waals surface area contributed by atoms with Crippen LogP contribution in [0.25, 0.3) is 0 Å². The van der Waals surface area contributed by atoms with Crippen molar-refractivity contribution in [1.82, 2.24) is 0 Å². The molecule has 0 amide bonds. The van der Waals surface area contributed by atoms with E-state index in [2.05, 4.69) is 4.74 Å². The van der Waals surface area contributed by atoms with Crippen LogP contribution in [0.4, 0.5) is 0 Å². The lowest BCUT2D eigenvalue weighted by molar-refractivity contribution is -0.0706. The lowest BCUT2D eigenvalue weighted by Gasteiger charge is -2.09. The Hall–Kier alpha value is -0.120. The first-order chi connectivity index (χ1) is 4.31. The van der Waals surface area contributed by atoms with Crippen molar-refractivity contribution < 1.29 is 14.6 Å². The van der Waals surface area contributed by atoms with Gasteiger partial charge in [0, 0.05) is 13.7 Å². The van der Waals surface area contributed by atoms with Crippen molar-refractivity contribution in [3.63, 3.8) is 0 Å². The normalized spacial score (nSPS) is 13.7. The van der Waals surface area contributed by atoms with Crippen molar-refractivity contribution in [2.75, 3.05) is 20.5 Å². The molecule has 0 spiro atoms. The molecule has 1 atom stereocenters. The van der Waals surface area contributed by atoms with Crippen LogP contribution in [0.2, 0.25) is 0 Å². The molecular formula is C6H14O3. The van der Waals surface area contributed by atoms with E-state index < -0.39 is 0 Å². The summed E-state index contributed by atoms with van der Waals surface area (Å²) in [6, 6.07) is 0. The number of hydrogen-bond acceptors (Lipinski definition) is 3. The van der Waals surface area contributed by atoms with Crippen LogP contribution in [0.1, 0.15) is 13.3 Å². The van der Waals surface area contributed by atoms with Crippen LogP contribution in [0.15, 0.2) is 0 Å². The van der Waals surface area contributed by atoms with Gasteiger partial charge in [-0.3, -0.25) is 0 Å². The number of rotatable bonds is 5. The molecule has 9 heavy (non-hydrogen) atoms. The molecule has 0 aromatic heterocycles. The minimum atomic E-state index is 0.0925. The van der Waals surface area contributed by atoms with Gasteiger partial charge in [-0.1, -0.05) is 0 Å². The van der Waals surface area contributed by atoms with Gasteiger partial charge in [-0.2, -0.15) is 0 Å². The summed E-state index contributed by atoms with van der Waals surface area (Å²) < 4.78 is 9.70. The number of aliphatic hydroxyl groups excluding tert-OH is 1. The van der Waals surface area contributed by atoms with E-state index in [1.807, 2.05) is 6.92 Å². The quantitative estimate of drug-likeness (QED) is 0.552. The summed E-state index contributed by atoms with van der Waals surface area (Å²) in [7, 11) is 1.58. The standard InChI is InChI=1S/C6H14O3/c1-6(3-4-7)9-5-8-2/h6-7H,3-5H2,1-2H3. The molecule has 0 radical (unpaired) electrons. The Morgan fingerprint density at radius 3 is 2.67 bits per heavy atom. The van der Waals surface area contributed by atoms with Gasteiger partial charge in [-0.25, -0.2) is 0 Å². The molecule has 0 saturated carbocycles. The molecule has 0 saturated heterocycles. The van der Waals surface area contributed by atoms with Crippen LogP contribution in [0.5, 0.6) is 0 Å². The van der Waals surface area contributed by atoms with Crippen molar-refractivity contribution in [1.29, 1.82) is 0 Å². The van der Waals surface area contributed by atoms with Gasteiger partial charge in [0.2, 0.25) is 0 Å². The Balaban J connectivity index is 2.95.